The summed E-state index contributed by atoms with van der Waals surface area (Å²) < 4.78 is 0. The number of hydrogen-bond acceptors (Lipinski definition) is 3. The third-order valence-corrected chi connectivity index (χ3v) is 8.15. The standard InChI is InChI=1S/C24H46N2O/c1-17(2)21-9-13-25(14-10-21)23(20(7)27)24(8,19(5)6)26-15-11-22(12-16-26)18(3)4/h17-19,21-23H,9-16H2,1-8H3. The lowest BCUT2D eigenvalue weighted by Crippen LogP contribution is -2.67. The molecular weight excluding hydrogens is 332 g/mol. The summed E-state index contributed by atoms with van der Waals surface area (Å²) in [7, 11) is 0. The molecule has 0 aliphatic carbocycles. The molecule has 158 valence electrons. The predicted octanol–water partition coefficient (Wildman–Crippen LogP) is 5.09. The lowest BCUT2D eigenvalue weighted by atomic mass is 9.74. The molecule has 2 aliphatic rings. The molecule has 0 aromatic heterocycles. The molecule has 3 heteroatoms. The molecule has 2 fully saturated rings. The van der Waals surface area contributed by atoms with Crippen molar-refractivity contribution >= 4 is 5.78 Å². The van der Waals surface area contributed by atoms with Gasteiger partial charge in [0.1, 0.15) is 5.78 Å². The number of carbonyl (C=O) groups is 1. The van der Waals surface area contributed by atoms with Crippen molar-refractivity contribution in [2.75, 3.05) is 26.2 Å². The Morgan fingerprint density at radius 1 is 0.815 bits per heavy atom. The fraction of sp³-hybridized carbons (Fsp3) is 0.958. The van der Waals surface area contributed by atoms with E-state index in [0.717, 1.165) is 49.9 Å². The summed E-state index contributed by atoms with van der Waals surface area (Å²) in [5.74, 6) is 4.02. The second kappa shape index (κ2) is 9.39. The first kappa shape index (κ1) is 22.9. The van der Waals surface area contributed by atoms with Crippen molar-refractivity contribution in [1.29, 1.82) is 0 Å². The highest BCUT2D eigenvalue weighted by molar-refractivity contribution is 5.83. The first-order chi connectivity index (χ1) is 12.6. The molecule has 2 saturated heterocycles. The number of piperidine rings is 2. The SMILES string of the molecule is CC(=O)C(N1CCC(C(C)C)CC1)C(C)(C(C)C)N1CCC(C(C)C)CC1. The van der Waals surface area contributed by atoms with Crippen LogP contribution in [0.3, 0.4) is 0 Å². The molecule has 3 nitrogen and oxygen atoms in total. The van der Waals surface area contributed by atoms with Crippen molar-refractivity contribution in [3.05, 3.63) is 0 Å². The van der Waals surface area contributed by atoms with Crippen molar-refractivity contribution in [2.24, 2.45) is 29.6 Å². The summed E-state index contributed by atoms with van der Waals surface area (Å²) in [4.78, 5) is 18.2. The van der Waals surface area contributed by atoms with Gasteiger partial charge in [0.15, 0.2) is 0 Å². The van der Waals surface area contributed by atoms with Gasteiger partial charge in [-0.1, -0.05) is 41.5 Å². The monoisotopic (exact) mass is 378 g/mol. The van der Waals surface area contributed by atoms with Crippen LogP contribution in [-0.2, 0) is 4.79 Å². The minimum atomic E-state index is -0.0710. The van der Waals surface area contributed by atoms with E-state index in [1.807, 2.05) is 6.92 Å². The van der Waals surface area contributed by atoms with E-state index >= 15 is 0 Å². The average Bonchev–Trinajstić information content (AvgIpc) is 2.61. The number of likely N-dealkylation sites (tertiary alicyclic amines) is 2. The van der Waals surface area contributed by atoms with Gasteiger partial charge < -0.3 is 0 Å². The van der Waals surface area contributed by atoms with Gasteiger partial charge in [0.2, 0.25) is 0 Å². The zero-order chi connectivity index (χ0) is 20.4. The van der Waals surface area contributed by atoms with Gasteiger partial charge in [0, 0.05) is 5.54 Å². The van der Waals surface area contributed by atoms with E-state index in [1.54, 1.807) is 0 Å². The predicted molar refractivity (Wildman–Crippen MR) is 116 cm³/mol. The molecular formula is C24H46N2O. The number of hydrogen-bond donors (Lipinski definition) is 0. The minimum Gasteiger partial charge on any atom is -0.298 e. The Morgan fingerprint density at radius 2 is 1.22 bits per heavy atom. The van der Waals surface area contributed by atoms with Gasteiger partial charge in [-0.15, -0.1) is 0 Å². The first-order valence-corrected chi connectivity index (χ1v) is 11.6. The van der Waals surface area contributed by atoms with E-state index in [1.165, 1.54) is 25.7 Å². The molecule has 0 N–H and O–H groups in total. The fourth-order valence-corrected chi connectivity index (χ4v) is 5.78. The number of Topliss-reactive ketones (excluding diaryl/α,β-unsaturated/α-hetero) is 1. The summed E-state index contributed by atoms with van der Waals surface area (Å²) in [6.45, 7) is 22.7. The van der Waals surface area contributed by atoms with Gasteiger partial charge in [-0.05, 0) is 95.3 Å². The third-order valence-electron chi connectivity index (χ3n) is 8.15. The van der Waals surface area contributed by atoms with Crippen LogP contribution in [0.25, 0.3) is 0 Å². The maximum absolute atomic E-state index is 13.0. The van der Waals surface area contributed by atoms with Gasteiger partial charge in [-0.2, -0.15) is 0 Å². The molecule has 0 amide bonds. The van der Waals surface area contributed by atoms with Crippen molar-refractivity contribution in [3.63, 3.8) is 0 Å². The third kappa shape index (κ3) is 4.96. The average molecular weight is 379 g/mol. The second-order valence-electron chi connectivity index (χ2n) is 10.6. The highest BCUT2D eigenvalue weighted by Gasteiger charge is 2.48. The number of carbonyl (C=O) groups excluding carboxylic acids is 1. The lowest BCUT2D eigenvalue weighted by Gasteiger charge is -2.55. The highest BCUT2D eigenvalue weighted by Crippen LogP contribution is 2.38. The maximum Gasteiger partial charge on any atom is 0.148 e. The van der Waals surface area contributed by atoms with E-state index in [4.69, 9.17) is 0 Å². The number of nitrogens with zero attached hydrogens (tertiary/aromatic N) is 2. The number of rotatable bonds is 7. The Morgan fingerprint density at radius 3 is 1.56 bits per heavy atom. The highest BCUT2D eigenvalue weighted by atomic mass is 16.1. The lowest BCUT2D eigenvalue weighted by molar-refractivity contribution is -0.133. The van der Waals surface area contributed by atoms with Crippen LogP contribution in [0, 0.1) is 29.6 Å². The van der Waals surface area contributed by atoms with E-state index in [2.05, 4.69) is 58.3 Å². The summed E-state index contributed by atoms with van der Waals surface area (Å²) >= 11 is 0. The van der Waals surface area contributed by atoms with Crippen LogP contribution in [0.1, 0.15) is 81.1 Å². The Kier molecular flexibility index (Phi) is 7.96. The Labute approximate surface area is 169 Å². The summed E-state index contributed by atoms with van der Waals surface area (Å²) in [5, 5.41) is 0. The van der Waals surface area contributed by atoms with Gasteiger partial charge in [-0.3, -0.25) is 14.6 Å². The molecule has 2 atom stereocenters. The van der Waals surface area contributed by atoms with Crippen LogP contribution in [0.15, 0.2) is 0 Å². The normalized spacial score (nSPS) is 25.3. The fourth-order valence-electron chi connectivity index (χ4n) is 5.78. The van der Waals surface area contributed by atoms with E-state index in [9.17, 15) is 4.79 Å². The van der Waals surface area contributed by atoms with Crippen LogP contribution in [-0.4, -0.2) is 53.3 Å². The van der Waals surface area contributed by atoms with Crippen LogP contribution in [0.2, 0.25) is 0 Å². The molecule has 2 heterocycles. The van der Waals surface area contributed by atoms with E-state index in [0.29, 0.717) is 11.7 Å². The minimum absolute atomic E-state index is 0.0289. The van der Waals surface area contributed by atoms with Crippen LogP contribution in [0.5, 0.6) is 0 Å². The molecule has 2 aliphatic heterocycles. The quantitative estimate of drug-likeness (QED) is 0.616. The van der Waals surface area contributed by atoms with Crippen LogP contribution < -0.4 is 0 Å². The molecule has 27 heavy (non-hydrogen) atoms. The zero-order valence-corrected chi connectivity index (χ0v) is 19.4. The van der Waals surface area contributed by atoms with Gasteiger partial charge in [0.05, 0.1) is 6.04 Å². The molecule has 0 radical (unpaired) electrons. The molecule has 0 spiro atoms. The zero-order valence-electron chi connectivity index (χ0n) is 19.4. The van der Waals surface area contributed by atoms with E-state index < -0.39 is 0 Å². The summed E-state index contributed by atoms with van der Waals surface area (Å²) in [5.41, 5.74) is -0.0710. The van der Waals surface area contributed by atoms with Crippen LogP contribution in [0.4, 0.5) is 0 Å². The largest absolute Gasteiger partial charge is 0.298 e. The molecule has 0 aromatic carbocycles. The molecule has 0 aromatic rings. The first-order valence-electron chi connectivity index (χ1n) is 11.6. The topological polar surface area (TPSA) is 23.6 Å². The van der Waals surface area contributed by atoms with Gasteiger partial charge >= 0.3 is 0 Å². The number of ketones is 1. The Hall–Kier alpha value is -0.410. The summed E-state index contributed by atoms with van der Waals surface area (Å²) in [6, 6.07) is 0.0289. The summed E-state index contributed by atoms with van der Waals surface area (Å²) in [6.07, 6.45) is 5.04. The van der Waals surface area contributed by atoms with Crippen LogP contribution >= 0.6 is 0 Å². The maximum atomic E-state index is 13.0. The van der Waals surface area contributed by atoms with Crippen molar-refractivity contribution in [1.82, 2.24) is 9.80 Å². The van der Waals surface area contributed by atoms with Crippen molar-refractivity contribution in [2.45, 2.75) is 92.7 Å². The Bertz CT molecular complexity index is 471. The molecule has 2 unspecified atom stereocenters. The Balaban J connectivity index is 2.19. The van der Waals surface area contributed by atoms with Gasteiger partial charge in [-0.25, -0.2) is 0 Å². The van der Waals surface area contributed by atoms with Crippen molar-refractivity contribution < 1.29 is 4.79 Å². The van der Waals surface area contributed by atoms with Crippen molar-refractivity contribution in [3.8, 4) is 0 Å². The van der Waals surface area contributed by atoms with E-state index in [-0.39, 0.29) is 11.6 Å². The molecule has 0 saturated carbocycles. The second-order valence-corrected chi connectivity index (χ2v) is 10.6. The van der Waals surface area contributed by atoms with Gasteiger partial charge in [0.25, 0.3) is 0 Å². The molecule has 2 rings (SSSR count). The molecule has 0 bridgehead atoms. The smallest absolute Gasteiger partial charge is 0.148 e.